The van der Waals surface area contributed by atoms with Gasteiger partial charge in [-0.3, -0.25) is 15.4 Å². The number of rotatable bonds is 0. The van der Waals surface area contributed by atoms with Crippen LogP contribution in [0.1, 0.15) is 0 Å². The van der Waals surface area contributed by atoms with Gasteiger partial charge in [-0.2, -0.15) is 19.6 Å². The maximum Gasteiger partial charge on any atom is 2.00 e. The fourth-order valence-electron chi connectivity index (χ4n) is 0. The zero-order chi connectivity index (χ0) is 5.58. The van der Waals surface area contributed by atoms with E-state index in [1.54, 1.807) is 0 Å². The fraction of sp³-hybridized carbons (Fsp3) is 0.600. The summed E-state index contributed by atoms with van der Waals surface area (Å²) in [4.78, 5) is 0. The third kappa shape index (κ3) is 191. The number of hydrogen-bond acceptors (Lipinski definition) is 0. The van der Waals surface area contributed by atoms with Gasteiger partial charge in [0, 0.05) is 0 Å². The first-order valence-corrected chi connectivity index (χ1v) is 4.91. The molecule has 0 saturated heterocycles. The molecule has 0 aromatic rings. The molecule has 0 aliphatic rings. The summed E-state index contributed by atoms with van der Waals surface area (Å²) in [5.41, 5.74) is 0. The molecule has 0 spiro atoms. The zero-order valence-corrected chi connectivity index (χ0v) is 10.0. The first-order valence-electron chi connectivity index (χ1n) is 1.91. The van der Waals surface area contributed by atoms with Crippen LogP contribution in [0.2, 0.25) is 19.6 Å². The summed E-state index contributed by atoms with van der Waals surface area (Å²) >= 11 is 0. The first kappa shape index (κ1) is 22.9. The molecule has 0 aromatic carbocycles. The molecule has 0 aromatic heterocycles. The summed E-state index contributed by atoms with van der Waals surface area (Å²) in [7, 11) is 0.120. The number of hydrogen-bond donors (Lipinski definition) is 0. The van der Waals surface area contributed by atoms with Crippen molar-refractivity contribution < 1.29 is 0 Å². The summed E-state index contributed by atoms with van der Waals surface area (Å²) in [6, 6.07) is 0. The van der Waals surface area contributed by atoms with Crippen molar-refractivity contribution in [3.8, 4) is 0 Å². The SMILES string of the molecule is Br.C[Si-](C)C.[CH-]=C.[Mg+2]. The average Bonchev–Trinajstić information content (AvgIpc) is 1.41. The Morgan fingerprint density at radius 3 is 1.12 bits per heavy atom. The van der Waals surface area contributed by atoms with E-state index < -0.39 is 0 Å². The van der Waals surface area contributed by atoms with Crippen molar-refractivity contribution in [3.05, 3.63) is 13.2 Å². The van der Waals surface area contributed by atoms with E-state index in [1.165, 1.54) is 0 Å². The third-order valence-electron chi connectivity index (χ3n) is 0. The molecule has 0 unspecified atom stereocenters. The zero-order valence-electron chi connectivity index (χ0n) is 5.90. The normalized spacial score (nSPS) is 5.00. The van der Waals surface area contributed by atoms with Gasteiger partial charge in [0.05, 0.1) is 0 Å². The molecule has 46 valence electrons. The van der Waals surface area contributed by atoms with Crippen LogP contribution in [0, 0.1) is 6.58 Å². The van der Waals surface area contributed by atoms with Crippen LogP contribution in [0.4, 0.5) is 0 Å². The van der Waals surface area contributed by atoms with E-state index in [-0.39, 0.29) is 48.8 Å². The van der Waals surface area contributed by atoms with Crippen molar-refractivity contribution in [2.45, 2.75) is 19.6 Å². The Hall–Kier alpha value is 1.20. The summed E-state index contributed by atoms with van der Waals surface area (Å²) < 4.78 is 0. The minimum absolute atomic E-state index is 0. The molecule has 0 radical (unpaired) electrons. The van der Waals surface area contributed by atoms with E-state index >= 15 is 0 Å². The maximum absolute atomic E-state index is 4.25. The predicted molar refractivity (Wildman–Crippen MR) is 49.3 cm³/mol. The monoisotopic (exact) mass is 204 g/mol. The maximum atomic E-state index is 4.25. The molecule has 0 rings (SSSR count). The number of halogens is 1. The van der Waals surface area contributed by atoms with Crippen molar-refractivity contribution in [2.75, 3.05) is 0 Å². The molecular formula is C5H13BrMgSi. The van der Waals surface area contributed by atoms with Gasteiger partial charge >= 0.3 is 23.1 Å². The Kier molecular flexibility index (Phi) is 68.9. The van der Waals surface area contributed by atoms with Gasteiger partial charge in [-0.15, -0.1) is 17.0 Å². The average molecular weight is 205 g/mol. The molecule has 0 N–H and O–H groups in total. The summed E-state index contributed by atoms with van der Waals surface area (Å²) in [6.07, 6.45) is 0. The molecular weight excluding hydrogens is 192 g/mol. The molecule has 0 aliphatic heterocycles. The van der Waals surface area contributed by atoms with Crippen molar-refractivity contribution in [2.24, 2.45) is 0 Å². The molecule has 0 atom stereocenters. The Balaban J connectivity index is -0.0000000183. The second-order valence-corrected chi connectivity index (χ2v) is 4.50. The Labute approximate surface area is 81.3 Å². The van der Waals surface area contributed by atoms with Gasteiger partial charge in [0.25, 0.3) is 0 Å². The fourth-order valence-corrected chi connectivity index (χ4v) is 0. The topological polar surface area (TPSA) is 0 Å². The van der Waals surface area contributed by atoms with Gasteiger partial charge in [0.2, 0.25) is 0 Å². The quantitative estimate of drug-likeness (QED) is 0.420. The van der Waals surface area contributed by atoms with Gasteiger partial charge in [-0.1, -0.05) is 0 Å². The van der Waals surface area contributed by atoms with Crippen molar-refractivity contribution >= 4 is 48.8 Å². The van der Waals surface area contributed by atoms with Gasteiger partial charge < -0.3 is 6.58 Å². The molecule has 3 heteroatoms. The van der Waals surface area contributed by atoms with Crippen LogP contribution in [0.25, 0.3) is 0 Å². The smallest absolute Gasteiger partial charge is 0.521 e. The third-order valence-corrected chi connectivity index (χ3v) is 0. The van der Waals surface area contributed by atoms with Crippen LogP contribution >= 0.6 is 17.0 Å². The van der Waals surface area contributed by atoms with Gasteiger partial charge in [-0.25, -0.2) is 0 Å². The van der Waals surface area contributed by atoms with Crippen molar-refractivity contribution in [1.82, 2.24) is 0 Å². The summed E-state index contributed by atoms with van der Waals surface area (Å²) in [5.74, 6) is 0. The van der Waals surface area contributed by atoms with Gasteiger partial charge in [0.1, 0.15) is 0 Å². The van der Waals surface area contributed by atoms with Gasteiger partial charge in [-0.05, 0) is 0 Å². The Morgan fingerprint density at radius 1 is 1.12 bits per heavy atom. The largest absolute Gasteiger partial charge is 2.00 e. The van der Waals surface area contributed by atoms with Crippen molar-refractivity contribution in [3.63, 3.8) is 0 Å². The predicted octanol–water partition coefficient (Wildman–Crippen LogP) is 2.17. The molecule has 0 aliphatic carbocycles. The van der Waals surface area contributed by atoms with Crippen LogP contribution in [0.5, 0.6) is 0 Å². The molecule has 0 amide bonds. The van der Waals surface area contributed by atoms with Crippen LogP contribution in [0.15, 0.2) is 6.58 Å². The van der Waals surface area contributed by atoms with Crippen LogP contribution in [0.3, 0.4) is 0 Å². The summed E-state index contributed by atoms with van der Waals surface area (Å²) in [6.45, 7) is 13.8. The van der Waals surface area contributed by atoms with Crippen molar-refractivity contribution in [1.29, 1.82) is 0 Å². The minimum atomic E-state index is 0. The standard InChI is InChI=1S/C3H9Si.C2H3.BrH.Mg/c1-4(2)3;1-2;;/h1-3H3;1H,2H2;1H;/q2*-1;;+2. The molecule has 0 nitrogen and oxygen atoms in total. The molecule has 8 heavy (non-hydrogen) atoms. The van der Waals surface area contributed by atoms with Gasteiger partial charge in [0.15, 0.2) is 0 Å². The van der Waals surface area contributed by atoms with E-state index in [2.05, 4.69) is 32.8 Å². The second-order valence-electron chi connectivity index (χ2n) is 1.50. The molecule has 0 saturated carbocycles. The first-order chi connectivity index (χ1) is 2.73. The van der Waals surface area contributed by atoms with Crippen LogP contribution < -0.4 is 0 Å². The van der Waals surface area contributed by atoms with Crippen LogP contribution in [-0.2, 0) is 0 Å². The summed E-state index contributed by atoms with van der Waals surface area (Å²) in [5, 5.41) is 0. The van der Waals surface area contributed by atoms with E-state index in [4.69, 9.17) is 0 Å². The van der Waals surface area contributed by atoms with E-state index in [9.17, 15) is 0 Å². The van der Waals surface area contributed by atoms with Crippen LogP contribution in [-0.4, -0.2) is 31.8 Å². The molecule has 0 bridgehead atoms. The van der Waals surface area contributed by atoms with E-state index in [0.717, 1.165) is 0 Å². The molecule has 0 heterocycles. The molecule has 0 fully saturated rings. The van der Waals surface area contributed by atoms with E-state index in [0.29, 0.717) is 0 Å². The Morgan fingerprint density at radius 2 is 1.12 bits per heavy atom. The van der Waals surface area contributed by atoms with E-state index in [1.807, 2.05) is 0 Å². The second kappa shape index (κ2) is 24.1. The minimum Gasteiger partial charge on any atom is -0.521 e. The Bertz CT molecular complexity index is 23.6.